The highest BCUT2D eigenvalue weighted by atomic mass is 32.2. The highest BCUT2D eigenvalue weighted by molar-refractivity contribution is 7.88. The second-order valence-corrected chi connectivity index (χ2v) is 6.46. The van der Waals surface area contributed by atoms with Gasteiger partial charge in [0.05, 0.1) is 12.0 Å². The fourth-order valence-corrected chi connectivity index (χ4v) is 3.15. The van der Waals surface area contributed by atoms with Gasteiger partial charge in [-0.25, -0.2) is 9.52 Å². The molecular weight excluding hydrogens is 288 g/mol. The third kappa shape index (κ3) is 5.33. The summed E-state index contributed by atoms with van der Waals surface area (Å²) in [7, 11) is -4.13. The van der Waals surface area contributed by atoms with Crippen molar-refractivity contribution in [3.63, 3.8) is 0 Å². The number of hydrogen-bond acceptors (Lipinski definition) is 5. The van der Waals surface area contributed by atoms with E-state index in [1.165, 1.54) is 0 Å². The molecule has 1 amide bonds. The van der Waals surface area contributed by atoms with Gasteiger partial charge in [-0.2, -0.15) is 13.1 Å². The molecule has 0 aromatic heterocycles. The number of nitrogens with one attached hydrogen (secondary N) is 2. The molecule has 3 N–H and O–H groups in total. The molecular formula is C11H20N2O6S. The molecule has 0 aliphatic heterocycles. The van der Waals surface area contributed by atoms with Gasteiger partial charge in [0.1, 0.15) is 0 Å². The van der Waals surface area contributed by atoms with E-state index in [4.69, 9.17) is 5.11 Å². The van der Waals surface area contributed by atoms with Gasteiger partial charge in [0.2, 0.25) is 0 Å². The molecule has 0 saturated heterocycles. The Hall–Kier alpha value is -1.35. The lowest BCUT2D eigenvalue weighted by molar-refractivity contribution is -0.143. The van der Waals surface area contributed by atoms with E-state index in [9.17, 15) is 18.0 Å². The molecule has 1 rings (SSSR count). The van der Waals surface area contributed by atoms with E-state index in [0.29, 0.717) is 12.8 Å². The molecule has 1 saturated carbocycles. The number of amides is 1. The van der Waals surface area contributed by atoms with Crippen LogP contribution in [0.3, 0.4) is 0 Å². The minimum atomic E-state index is -4.13. The van der Waals surface area contributed by atoms with Crippen LogP contribution < -0.4 is 9.44 Å². The summed E-state index contributed by atoms with van der Waals surface area (Å²) in [4.78, 5) is 22.3. The number of aliphatic carboxylic acids is 1. The number of hydrogen-bond donors (Lipinski definition) is 3. The third-order valence-electron chi connectivity index (χ3n) is 2.95. The van der Waals surface area contributed by atoms with Gasteiger partial charge in [0.25, 0.3) is 0 Å². The molecule has 1 aliphatic rings. The molecule has 0 radical (unpaired) electrons. The first-order valence-corrected chi connectivity index (χ1v) is 7.93. The zero-order valence-corrected chi connectivity index (χ0v) is 12.3. The minimum Gasteiger partial charge on any atom is -0.481 e. The number of carbonyl (C=O) groups excluding carboxylic acids is 1. The van der Waals surface area contributed by atoms with Crippen molar-refractivity contribution in [2.75, 3.05) is 0 Å². The Morgan fingerprint density at radius 2 is 1.85 bits per heavy atom. The first-order valence-electron chi connectivity index (χ1n) is 6.45. The lowest BCUT2D eigenvalue weighted by atomic mass is 9.85. The number of carboxylic acids is 1. The molecule has 1 aliphatic carbocycles. The van der Waals surface area contributed by atoms with Crippen molar-refractivity contribution in [2.24, 2.45) is 5.92 Å². The summed E-state index contributed by atoms with van der Waals surface area (Å²) < 4.78 is 32.1. The Morgan fingerprint density at radius 1 is 1.25 bits per heavy atom. The molecule has 116 valence electrons. The van der Waals surface area contributed by atoms with Crippen LogP contribution in [0.2, 0.25) is 0 Å². The first kappa shape index (κ1) is 16.7. The summed E-state index contributed by atoms with van der Waals surface area (Å²) in [6, 6.07) is -0.717. The number of carboxylic acid groups (broad SMARTS) is 1. The Morgan fingerprint density at radius 3 is 2.40 bits per heavy atom. The summed E-state index contributed by atoms with van der Waals surface area (Å²) in [6.07, 6.45) is 0.795. The van der Waals surface area contributed by atoms with Gasteiger partial charge in [-0.15, -0.1) is 0 Å². The van der Waals surface area contributed by atoms with Gasteiger partial charge in [0.15, 0.2) is 0 Å². The molecule has 0 aromatic carbocycles. The van der Waals surface area contributed by atoms with Crippen molar-refractivity contribution < 1.29 is 27.9 Å². The number of rotatable bonds is 5. The van der Waals surface area contributed by atoms with E-state index in [1.807, 2.05) is 0 Å². The van der Waals surface area contributed by atoms with Crippen molar-refractivity contribution >= 4 is 22.3 Å². The first-order chi connectivity index (χ1) is 9.21. The van der Waals surface area contributed by atoms with Gasteiger partial charge in [-0.1, -0.05) is 12.8 Å². The quantitative estimate of drug-likeness (QED) is 0.683. The monoisotopic (exact) mass is 308 g/mol. The van der Waals surface area contributed by atoms with E-state index in [1.54, 1.807) is 18.6 Å². The van der Waals surface area contributed by atoms with E-state index >= 15 is 0 Å². The highest BCUT2D eigenvalue weighted by Crippen LogP contribution is 2.25. The zero-order valence-electron chi connectivity index (χ0n) is 11.5. The van der Waals surface area contributed by atoms with Crippen molar-refractivity contribution in [1.82, 2.24) is 9.44 Å². The predicted molar refractivity (Wildman–Crippen MR) is 70.2 cm³/mol. The fraction of sp³-hybridized carbons (Fsp3) is 0.818. The molecule has 0 bridgehead atoms. The second kappa shape index (κ2) is 6.89. The minimum absolute atomic E-state index is 0.416. The van der Waals surface area contributed by atoms with E-state index in [2.05, 4.69) is 9.46 Å². The summed E-state index contributed by atoms with van der Waals surface area (Å²) in [5, 5.41) is 9.06. The standard InChI is InChI=1S/C11H20N2O6S/c1-7(2)19-11(16)13-20(17,18)12-9-6-4-3-5-8(9)10(14)15/h7-9,12H,3-6H2,1-2H3,(H,13,16)(H,14,15). The topological polar surface area (TPSA) is 122 Å². The van der Waals surface area contributed by atoms with Crippen molar-refractivity contribution in [3.8, 4) is 0 Å². The largest absolute Gasteiger partial charge is 0.481 e. The van der Waals surface area contributed by atoms with E-state index in [-0.39, 0.29) is 0 Å². The van der Waals surface area contributed by atoms with E-state index in [0.717, 1.165) is 12.8 Å². The third-order valence-corrected chi connectivity index (χ3v) is 4.00. The van der Waals surface area contributed by atoms with Crippen LogP contribution in [0.1, 0.15) is 39.5 Å². The van der Waals surface area contributed by atoms with Gasteiger partial charge >= 0.3 is 22.3 Å². The molecule has 20 heavy (non-hydrogen) atoms. The highest BCUT2D eigenvalue weighted by Gasteiger charge is 2.34. The van der Waals surface area contributed by atoms with Crippen molar-refractivity contribution in [2.45, 2.75) is 51.7 Å². The van der Waals surface area contributed by atoms with Crippen LogP contribution in [0.15, 0.2) is 0 Å². The Kier molecular flexibility index (Phi) is 5.75. The lowest BCUT2D eigenvalue weighted by Gasteiger charge is -2.28. The van der Waals surface area contributed by atoms with Crippen molar-refractivity contribution in [3.05, 3.63) is 0 Å². The number of ether oxygens (including phenoxy) is 1. The Balaban J connectivity index is 2.64. The summed E-state index contributed by atoms with van der Waals surface area (Å²) in [5.74, 6) is -1.82. The molecule has 2 unspecified atom stereocenters. The molecule has 8 nitrogen and oxygen atoms in total. The van der Waals surface area contributed by atoms with Crippen LogP contribution >= 0.6 is 0 Å². The lowest BCUT2D eigenvalue weighted by Crippen LogP contribution is -2.50. The number of carbonyl (C=O) groups is 2. The van der Waals surface area contributed by atoms with Crippen LogP contribution in [0.25, 0.3) is 0 Å². The Labute approximate surface area is 118 Å². The average molecular weight is 308 g/mol. The summed E-state index contributed by atoms with van der Waals surface area (Å²) >= 11 is 0. The Bertz CT molecular complexity index is 462. The van der Waals surface area contributed by atoms with Gasteiger partial charge in [-0.05, 0) is 26.7 Å². The van der Waals surface area contributed by atoms with Crippen LogP contribution in [-0.4, -0.2) is 37.7 Å². The predicted octanol–water partition coefficient (Wildman–Crippen LogP) is 0.599. The SMILES string of the molecule is CC(C)OC(=O)NS(=O)(=O)NC1CCCCC1C(=O)O. The maximum atomic E-state index is 11.7. The molecule has 0 spiro atoms. The normalized spacial score (nSPS) is 23.4. The van der Waals surface area contributed by atoms with Crippen LogP contribution in [0, 0.1) is 5.92 Å². The van der Waals surface area contributed by atoms with Gasteiger partial charge in [-0.3, -0.25) is 4.79 Å². The summed E-state index contributed by atoms with van der Waals surface area (Å²) in [5.41, 5.74) is 0. The van der Waals surface area contributed by atoms with Crippen LogP contribution in [0.5, 0.6) is 0 Å². The molecule has 2 atom stereocenters. The maximum Gasteiger partial charge on any atom is 0.422 e. The van der Waals surface area contributed by atoms with E-state index < -0.39 is 40.3 Å². The molecule has 0 heterocycles. The fourth-order valence-electron chi connectivity index (χ4n) is 2.14. The zero-order chi connectivity index (χ0) is 15.3. The second-order valence-electron chi connectivity index (χ2n) is 5.01. The molecule has 0 aromatic rings. The smallest absolute Gasteiger partial charge is 0.422 e. The summed E-state index contributed by atoms with van der Waals surface area (Å²) in [6.45, 7) is 3.17. The van der Waals surface area contributed by atoms with Crippen LogP contribution in [0.4, 0.5) is 4.79 Å². The maximum absolute atomic E-state index is 11.7. The molecule has 9 heteroatoms. The molecule has 1 fully saturated rings. The van der Waals surface area contributed by atoms with Crippen molar-refractivity contribution in [1.29, 1.82) is 0 Å². The van der Waals surface area contributed by atoms with Gasteiger partial charge < -0.3 is 9.84 Å². The van der Waals surface area contributed by atoms with Crippen LogP contribution in [-0.2, 0) is 19.7 Å². The van der Waals surface area contributed by atoms with Gasteiger partial charge in [0, 0.05) is 6.04 Å². The average Bonchev–Trinajstić information content (AvgIpc) is 2.26.